The van der Waals surface area contributed by atoms with Crippen LogP contribution in [0.5, 0.6) is 0 Å². The molecule has 4 rings (SSSR count). The third-order valence-electron chi connectivity index (χ3n) is 5.45. The third kappa shape index (κ3) is 6.37. The molecule has 0 fully saturated rings. The number of halogens is 4. The maximum atomic E-state index is 13.8. The molecule has 0 spiro atoms. The Bertz CT molecular complexity index is 1490. The number of nitrogens with one attached hydrogen (secondary N) is 3. The van der Waals surface area contributed by atoms with Gasteiger partial charge >= 0.3 is 6.18 Å². The molecular weight excluding hydrogens is 537 g/mol. The van der Waals surface area contributed by atoms with E-state index in [1.165, 1.54) is 30.8 Å². The van der Waals surface area contributed by atoms with Crippen LogP contribution >= 0.6 is 11.6 Å². The average molecular weight is 557 g/mol. The van der Waals surface area contributed by atoms with Gasteiger partial charge in [0, 0.05) is 35.4 Å². The Morgan fingerprint density at radius 1 is 1.10 bits per heavy atom. The van der Waals surface area contributed by atoms with Gasteiger partial charge in [0.25, 0.3) is 5.91 Å². The zero-order valence-electron chi connectivity index (χ0n) is 19.9. The smallest absolute Gasteiger partial charge is 0.393 e. The van der Waals surface area contributed by atoms with E-state index in [-0.39, 0.29) is 34.2 Å². The molecule has 9 nitrogen and oxygen atoms in total. The first kappa shape index (κ1) is 27.6. The molecule has 0 aliphatic carbocycles. The maximum Gasteiger partial charge on any atom is 0.417 e. The molecule has 5 N–H and O–H groups in total. The first-order chi connectivity index (χ1) is 18.6. The van der Waals surface area contributed by atoms with E-state index in [0.717, 1.165) is 6.07 Å². The van der Waals surface area contributed by atoms with E-state index < -0.39 is 40.9 Å². The van der Waals surface area contributed by atoms with Gasteiger partial charge in [-0.05, 0) is 36.4 Å². The number of alkyl halides is 3. The maximum absolute atomic E-state index is 13.8. The van der Waals surface area contributed by atoms with Gasteiger partial charge in [-0.1, -0.05) is 29.8 Å². The van der Waals surface area contributed by atoms with Crippen LogP contribution in [0.1, 0.15) is 15.9 Å². The van der Waals surface area contributed by atoms with Crippen molar-refractivity contribution in [3.63, 3.8) is 0 Å². The lowest BCUT2D eigenvalue weighted by molar-refractivity contribution is -0.137. The Hall–Kier alpha value is -4.39. The van der Waals surface area contributed by atoms with Gasteiger partial charge in [-0.15, -0.1) is 0 Å². The molecule has 1 atom stereocenters. The van der Waals surface area contributed by atoms with Crippen molar-refractivity contribution in [2.75, 3.05) is 11.9 Å². The first-order valence-electron chi connectivity index (χ1n) is 11.3. The topological polar surface area (TPSA) is 144 Å². The molecule has 1 unspecified atom stereocenters. The van der Waals surface area contributed by atoms with Crippen molar-refractivity contribution in [1.82, 2.24) is 15.3 Å². The van der Waals surface area contributed by atoms with Crippen molar-refractivity contribution < 1.29 is 28.2 Å². The highest BCUT2D eigenvalue weighted by molar-refractivity contribution is 6.34. The zero-order valence-corrected chi connectivity index (χ0v) is 20.6. The van der Waals surface area contributed by atoms with E-state index in [2.05, 4.69) is 25.6 Å². The van der Waals surface area contributed by atoms with Crippen molar-refractivity contribution in [2.45, 2.75) is 12.3 Å². The highest BCUT2D eigenvalue weighted by Crippen LogP contribution is 2.39. The number of para-hydroxylation sites is 1. The molecular formula is C26H20ClF3N6O3. The summed E-state index contributed by atoms with van der Waals surface area (Å²) < 4.78 is 41.4. The fraction of sp³-hybridized carbons (Fsp3) is 0.115. The van der Waals surface area contributed by atoms with Crippen molar-refractivity contribution in [1.29, 1.82) is 5.41 Å². The number of rotatable bonds is 7. The monoisotopic (exact) mass is 556 g/mol. The molecule has 0 saturated carbocycles. The number of hydrogen-bond acceptors (Lipinski definition) is 8. The Morgan fingerprint density at radius 3 is 2.41 bits per heavy atom. The summed E-state index contributed by atoms with van der Waals surface area (Å²) in [6.45, 7) is -0.587. The Morgan fingerprint density at radius 2 is 1.79 bits per heavy atom. The van der Waals surface area contributed by atoms with Gasteiger partial charge in [0.15, 0.2) is 5.82 Å². The minimum absolute atomic E-state index is 0.0456. The molecule has 1 aliphatic rings. The zero-order chi connectivity index (χ0) is 28.2. The van der Waals surface area contributed by atoms with Gasteiger partial charge < -0.3 is 20.8 Å². The minimum Gasteiger partial charge on any atom is -0.393 e. The van der Waals surface area contributed by atoms with Gasteiger partial charge in [0.2, 0.25) is 0 Å². The highest BCUT2D eigenvalue weighted by Gasteiger charge is 2.36. The summed E-state index contributed by atoms with van der Waals surface area (Å²) in [5.41, 5.74) is -1.45. The van der Waals surface area contributed by atoms with Crippen molar-refractivity contribution >= 4 is 35.1 Å². The minimum atomic E-state index is -4.80. The van der Waals surface area contributed by atoms with E-state index in [1.807, 2.05) is 0 Å². The second-order valence-corrected chi connectivity index (χ2v) is 8.54. The molecule has 0 radical (unpaired) electrons. The molecule has 1 aliphatic heterocycles. The molecule has 3 aromatic rings. The second kappa shape index (κ2) is 11.6. The number of aliphatic imine (C=N–C) groups is 1. The van der Waals surface area contributed by atoms with Crippen molar-refractivity contribution in [3.8, 4) is 11.4 Å². The Labute approximate surface area is 224 Å². The van der Waals surface area contributed by atoms with Crippen LogP contribution in [0.15, 0.2) is 89.1 Å². The molecule has 0 bridgehead atoms. The standard InChI is InChI=1S/C26H20ClF3N6O3/c27-19-11-18(26(28,29)30)16(23-32-7-4-8-33-23)10-17(19)25(39)36-24(35-15-5-2-1-3-6-15)22-20(31)9-14(12-34-22)21(38)13-37/h1-12,21,31,35,37-38H,13H2,(H,36,39)/b24-22-,31-20?. The van der Waals surface area contributed by atoms with Crippen LogP contribution < -0.4 is 10.6 Å². The average Bonchev–Trinajstić information content (AvgIpc) is 2.92. The number of nitrogens with zero attached hydrogens (tertiary/aromatic N) is 3. The lowest BCUT2D eigenvalue weighted by Gasteiger charge is -2.20. The summed E-state index contributed by atoms with van der Waals surface area (Å²) in [7, 11) is 0. The van der Waals surface area contributed by atoms with Crippen molar-refractivity contribution in [3.05, 3.63) is 100 Å². The summed E-state index contributed by atoms with van der Waals surface area (Å²) in [4.78, 5) is 25.3. The normalized spacial score (nSPS) is 15.4. The van der Waals surface area contributed by atoms with Crippen LogP contribution in [-0.2, 0) is 6.18 Å². The van der Waals surface area contributed by atoms with Gasteiger partial charge in [-0.25, -0.2) is 9.97 Å². The van der Waals surface area contributed by atoms with Crippen LogP contribution in [0.3, 0.4) is 0 Å². The molecule has 200 valence electrons. The van der Waals surface area contributed by atoms with Crippen LogP contribution in [0.25, 0.3) is 11.4 Å². The summed E-state index contributed by atoms with van der Waals surface area (Å²) in [5.74, 6) is -1.23. The molecule has 13 heteroatoms. The molecule has 2 heterocycles. The second-order valence-electron chi connectivity index (χ2n) is 8.13. The molecule has 1 aromatic heterocycles. The fourth-order valence-corrected chi connectivity index (χ4v) is 3.82. The summed E-state index contributed by atoms with van der Waals surface area (Å²) in [6, 6.07) is 11.6. The largest absolute Gasteiger partial charge is 0.417 e. The van der Waals surface area contributed by atoms with Crippen LogP contribution in [0.2, 0.25) is 5.02 Å². The lowest BCUT2D eigenvalue weighted by Crippen LogP contribution is -2.31. The van der Waals surface area contributed by atoms with Gasteiger partial charge in [-0.3, -0.25) is 15.2 Å². The molecule has 39 heavy (non-hydrogen) atoms. The third-order valence-corrected chi connectivity index (χ3v) is 5.76. The number of carbonyl (C=O) groups is 1. The number of anilines is 1. The van der Waals surface area contributed by atoms with Gasteiger partial charge in [0.1, 0.15) is 17.6 Å². The quantitative estimate of drug-likeness (QED) is 0.295. The number of aromatic nitrogens is 2. The SMILES string of the molecule is N=C1C=C(C(O)CO)C=N/C1=C(\NC(=O)c1cc(-c2ncccn2)c(C(F)(F)F)cc1Cl)Nc1ccccc1. The summed E-state index contributed by atoms with van der Waals surface area (Å²) >= 11 is 6.15. The van der Waals surface area contributed by atoms with Crippen LogP contribution in [0.4, 0.5) is 18.9 Å². The first-order valence-corrected chi connectivity index (χ1v) is 11.7. The number of hydrogen-bond donors (Lipinski definition) is 5. The number of dihydropyridines is 1. The Kier molecular flexibility index (Phi) is 8.19. The fourth-order valence-electron chi connectivity index (χ4n) is 3.57. The van der Waals surface area contributed by atoms with Crippen LogP contribution in [0, 0.1) is 5.41 Å². The number of aliphatic hydroxyl groups excluding tert-OH is 2. The van der Waals surface area contributed by atoms with E-state index in [1.54, 1.807) is 30.3 Å². The molecule has 2 aromatic carbocycles. The van der Waals surface area contributed by atoms with Crippen molar-refractivity contribution in [2.24, 2.45) is 4.99 Å². The molecule has 0 saturated heterocycles. The number of aliphatic hydroxyl groups is 2. The number of carbonyl (C=O) groups excluding carboxylic acids is 1. The van der Waals surface area contributed by atoms with Crippen LogP contribution in [-0.4, -0.2) is 50.7 Å². The molecule has 1 amide bonds. The summed E-state index contributed by atoms with van der Waals surface area (Å²) in [5, 5.41) is 32.5. The number of allylic oxidation sites excluding steroid dienone is 1. The van der Waals surface area contributed by atoms with E-state index in [4.69, 9.17) is 17.0 Å². The highest BCUT2D eigenvalue weighted by atomic mass is 35.5. The Balaban J connectivity index is 1.77. The summed E-state index contributed by atoms with van der Waals surface area (Å²) in [6.07, 6.45) is -1.04. The van der Waals surface area contributed by atoms with Gasteiger partial charge in [-0.2, -0.15) is 13.2 Å². The van der Waals surface area contributed by atoms with Gasteiger partial charge in [0.05, 0.1) is 28.5 Å². The van der Waals surface area contributed by atoms with E-state index in [0.29, 0.717) is 11.8 Å². The number of benzene rings is 2. The lowest BCUT2D eigenvalue weighted by atomic mass is 10.0. The predicted molar refractivity (Wildman–Crippen MR) is 139 cm³/mol. The number of amides is 1. The predicted octanol–water partition coefficient (Wildman–Crippen LogP) is 4.21. The van der Waals surface area contributed by atoms with E-state index >= 15 is 0 Å². The van der Waals surface area contributed by atoms with E-state index in [9.17, 15) is 28.2 Å².